The lowest BCUT2D eigenvalue weighted by Gasteiger charge is -2.42. The van der Waals surface area contributed by atoms with Crippen molar-refractivity contribution in [2.24, 2.45) is 0 Å². The minimum atomic E-state index is -4.57. The molecule has 2 atom stereocenters. The zero-order valence-electron chi connectivity index (χ0n) is 24.0. The zero-order chi connectivity index (χ0) is 30.4. The topological polar surface area (TPSA) is 106 Å². The van der Waals surface area contributed by atoms with Crippen LogP contribution < -0.4 is 18.5 Å². The molecule has 10 nitrogen and oxygen atoms in total. The number of amides is 2. The molecule has 5 rings (SSSR count). The standard InChI is InChI=1S/C30H32ClN3O7S/c1-32(2)28(35)24-10-8-16-33(24)30(21-9-6-7-11-25(21)40-4)22-17-19(31)12-14-23(22)34(29(30)36)42(37,38)27-15-13-20(39-3)18-26(27)41-5/h6-7,9,11-15,17-18,24H,8,10,16H2,1-5H3. The fourth-order valence-electron chi connectivity index (χ4n) is 6.03. The number of hydrogen-bond acceptors (Lipinski definition) is 8. The van der Waals surface area contributed by atoms with Crippen LogP contribution in [-0.4, -0.2) is 78.0 Å². The van der Waals surface area contributed by atoms with Crippen LogP contribution in [0.4, 0.5) is 5.69 Å². The largest absolute Gasteiger partial charge is 0.497 e. The highest BCUT2D eigenvalue weighted by atomic mass is 35.5. The number of ether oxygens (including phenoxy) is 3. The number of para-hydroxylation sites is 1. The van der Waals surface area contributed by atoms with Crippen molar-refractivity contribution in [3.05, 3.63) is 76.8 Å². The van der Waals surface area contributed by atoms with Crippen molar-refractivity contribution in [2.75, 3.05) is 46.3 Å². The molecule has 42 heavy (non-hydrogen) atoms. The van der Waals surface area contributed by atoms with Crippen molar-refractivity contribution < 1.29 is 32.2 Å². The third kappa shape index (κ3) is 4.38. The number of methoxy groups -OCH3 is 3. The number of sulfonamides is 1. The van der Waals surface area contributed by atoms with E-state index in [1.165, 1.54) is 56.6 Å². The van der Waals surface area contributed by atoms with Gasteiger partial charge in [-0.2, -0.15) is 0 Å². The second-order valence-corrected chi connectivity index (χ2v) is 12.4. The van der Waals surface area contributed by atoms with Crippen molar-refractivity contribution in [1.82, 2.24) is 9.80 Å². The fourth-order valence-corrected chi connectivity index (χ4v) is 7.80. The summed E-state index contributed by atoms with van der Waals surface area (Å²) in [6, 6.07) is 15.1. The van der Waals surface area contributed by atoms with Crippen LogP contribution in [0.15, 0.2) is 65.6 Å². The summed E-state index contributed by atoms with van der Waals surface area (Å²) >= 11 is 6.54. The van der Waals surface area contributed by atoms with Gasteiger partial charge in [0, 0.05) is 42.9 Å². The molecule has 0 bridgehead atoms. The van der Waals surface area contributed by atoms with Crippen LogP contribution in [0.5, 0.6) is 17.2 Å². The summed E-state index contributed by atoms with van der Waals surface area (Å²) in [7, 11) is 3.02. The Labute approximate surface area is 250 Å². The van der Waals surface area contributed by atoms with E-state index in [-0.39, 0.29) is 22.2 Å². The Bertz CT molecular complexity index is 1660. The molecule has 1 saturated heterocycles. The maximum absolute atomic E-state index is 15.1. The molecule has 0 saturated carbocycles. The van der Waals surface area contributed by atoms with E-state index in [4.69, 9.17) is 25.8 Å². The summed E-state index contributed by atoms with van der Waals surface area (Å²) in [5.41, 5.74) is -0.902. The van der Waals surface area contributed by atoms with Gasteiger partial charge < -0.3 is 19.1 Å². The molecule has 2 heterocycles. The normalized spacial score (nSPS) is 20.4. The van der Waals surface area contributed by atoms with E-state index in [1.54, 1.807) is 49.3 Å². The highest BCUT2D eigenvalue weighted by Gasteiger charge is 2.63. The van der Waals surface area contributed by atoms with Crippen molar-refractivity contribution >= 4 is 39.1 Å². The van der Waals surface area contributed by atoms with Crippen molar-refractivity contribution in [2.45, 2.75) is 29.3 Å². The Hall–Kier alpha value is -3.80. The predicted octanol–water partition coefficient (Wildman–Crippen LogP) is 3.90. The van der Waals surface area contributed by atoms with Crippen molar-refractivity contribution in [3.63, 3.8) is 0 Å². The van der Waals surface area contributed by atoms with Gasteiger partial charge in [-0.3, -0.25) is 14.5 Å². The first-order chi connectivity index (χ1) is 20.0. The first-order valence-corrected chi connectivity index (χ1v) is 15.1. The molecule has 3 aromatic rings. The minimum Gasteiger partial charge on any atom is -0.497 e. The van der Waals surface area contributed by atoms with Crippen molar-refractivity contribution in [3.8, 4) is 17.2 Å². The first-order valence-electron chi connectivity index (χ1n) is 13.3. The highest BCUT2D eigenvalue weighted by Crippen LogP contribution is 2.55. The number of fused-ring (bicyclic) bond motifs is 1. The smallest absolute Gasteiger partial charge is 0.274 e. The van der Waals surface area contributed by atoms with E-state index in [0.29, 0.717) is 47.0 Å². The van der Waals surface area contributed by atoms with Crippen LogP contribution in [0.25, 0.3) is 0 Å². The second kappa shape index (κ2) is 11.1. The number of hydrogen-bond donors (Lipinski definition) is 0. The van der Waals surface area contributed by atoms with E-state index in [0.717, 1.165) is 4.31 Å². The Kier molecular flexibility index (Phi) is 7.86. The number of halogens is 1. The maximum atomic E-state index is 15.1. The number of carbonyl (C=O) groups is 2. The van der Waals surface area contributed by atoms with Gasteiger partial charge in [0.05, 0.1) is 33.1 Å². The van der Waals surface area contributed by atoms with Crippen LogP contribution in [0.1, 0.15) is 24.0 Å². The molecule has 0 spiro atoms. The van der Waals surface area contributed by atoms with Gasteiger partial charge in [-0.05, 0) is 49.2 Å². The quantitative estimate of drug-likeness (QED) is 0.377. The average molecular weight is 614 g/mol. The van der Waals surface area contributed by atoms with E-state index < -0.39 is 27.5 Å². The molecule has 12 heteroatoms. The lowest BCUT2D eigenvalue weighted by atomic mass is 9.80. The number of likely N-dealkylation sites (N-methyl/N-ethyl adjacent to an activating group) is 1. The predicted molar refractivity (Wildman–Crippen MR) is 158 cm³/mol. The van der Waals surface area contributed by atoms with Gasteiger partial charge in [0.2, 0.25) is 5.91 Å². The molecule has 0 radical (unpaired) electrons. The van der Waals surface area contributed by atoms with Crippen LogP contribution in [-0.2, 0) is 25.2 Å². The summed E-state index contributed by atoms with van der Waals surface area (Å²) in [4.78, 5) is 31.7. The molecule has 3 aromatic carbocycles. The fraction of sp³-hybridized carbons (Fsp3) is 0.333. The average Bonchev–Trinajstić information content (AvgIpc) is 3.57. The Morgan fingerprint density at radius 3 is 2.33 bits per heavy atom. The molecule has 0 aromatic heterocycles. The highest BCUT2D eigenvalue weighted by molar-refractivity contribution is 7.93. The van der Waals surface area contributed by atoms with Crippen LogP contribution in [0, 0.1) is 0 Å². The van der Waals surface area contributed by atoms with Crippen molar-refractivity contribution in [1.29, 1.82) is 0 Å². The maximum Gasteiger partial charge on any atom is 0.274 e. The molecular formula is C30H32ClN3O7S. The number of rotatable bonds is 8. The van der Waals surface area contributed by atoms with Gasteiger partial charge in [-0.25, -0.2) is 12.7 Å². The summed E-state index contributed by atoms with van der Waals surface area (Å²) in [6.45, 7) is 0.347. The zero-order valence-corrected chi connectivity index (χ0v) is 25.5. The van der Waals surface area contributed by atoms with Crippen LogP contribution in [0.2, 0.25) is 5.02 Å². The summed E-state index contributed by atoms with van der Waals surface area (Å²) in [5.74, 6) is -0.219. The summed E-state index contributed by atoms with van der Waals surface area (Å²) in [5, 5.41) is 0.303. The molecule has 0 N–H and O–H groups in total. The monoisotopic (exact) mass is 613 g/mol. The van der Waals surface area contributed by atoms with Gasteiger partial charge in [0.1, 0.15) is 22.1 Å². The molecule has 222 valence electrons. The third-order valence-corrected chi connectivity index (χ3v) is 9.83. The molecule has 1 fully saturated rings. The van der Waals surface area contributed by atoms with Gasteiger partial charge in [-0.15, -0.1) is 0 Å². The van der Waals surface area contributed by atoms with E-state index in [1.807, 2.05) is 0 Å². The SMILES string of the molecule is COc1ccc(S(=O)(=O)N2C(=O)C(c3ccccc3OC)(N3CCCC3C(=O)N(C)C)c3cc(Cl)ccc32)c(OC)c1. The van der Waals surface area contributed by atoms with Crippen LogP contribution >= 0.6 is 11.6 Å². The minimum absolute atomic E-state index is 0.00860. The van der Waals surface area contributed by atoms with E-state index in [2.05, 4.69) is 0 Å². The first kappa shape index (κ1) is 29.7. The van der Waals surface area contributed by atoms with Gasteiger partial charge in [0.15, 0.2) is 5.54 Å². The Morgan fingerprint density at radius 2 is 1.67 bits per heavy atom. The van der Waals surface area contributed by atoms with Gasteiger partial charge in [0.25, 0.3) is 15.9 Å². The molecular weight excluding hydrogens is 582 g/mol. The Balaban J connectivity index is 1.85. The molecule has 0 aliphatic carbocycles. The number of likely N-dealkylation sites (tertiary alicyclic amines) is 1. The van der Waals surface area contributed by atoms with Gasteiger partial charge in [-0.1, -0.05) is 29.8 Å². The number of benzene rings is 3. The number of anilines is 1. The lowest BCUT2D eigenvalue weighted by Crippen LogP contribution is -2.59. The third-order valence-electron chi connectivity index (χ3n) is 7.86. The van der Waals surface area contributed by atoms with Gasteiger partial charge >= 0.3 is 0 Å². The second-order valence-electron chi connectivity index (χ2n) is 10.2. The Morgan fingerprint density at radius 1 is 0.952 bits per heavy atom. The number of carbonyl (C=O) groups excluding carboxylic acids is 2. The van der Waals surface area contributed by atoms with E-state index >= 15 is 4.79 Å². The summed E-state index contributed by atoms with van der Waals surface area (Å²) in [6.07, 6.45) is 1.10. The molecule has 2 amide bonds. The molecule has 2 aliphatic heterocycles. The lowest BCUT2D eigenvalue weighted by molar-refractivity contribution is -0.138. The van der Waals surface area contributed by atoms with Crippen LogP contribution in [0.3, 0.4) is 0 Å². The number of nitrogens with zero attached hydrogens (tertiary/aromatic N) is 3. The summed E-state index contributed by atoms with van der Waals surface area (Å²) < 4.78 is 46.2. The molecule has 2 unspecified atom stereocenters. The molecule has 2 aliphatic rings. The van der Waals surface area contributed by atoms with E-state index in [9.17, 15) is 13.2 Å².